The standard InChI is InChI=1S/C18H16N2O5/c1-11(21)12-2-7-15(8-3-12)25-18(22)13-4-9-16(19-14-5-6-14)17(10-13)20(23)24/h2-4,7-10,14,19H,5-6H2,1H3. The smallest absolute Gasteiger partial charge is 0.343 e. The summed E-state index contributed by atoms with van der Waals surface area (Å²) >= 11 is 0. The first-order valence-electron chi connectivity index (χ1n) is 7.82. The molecular formula is C18H16N2O5. The average molecular weight is 340 g/mol. The second kappa shape index (κ2) is 6.72. The normalized spacial score (nSPS) is 13.2. The molecule has 3 rings (SSSR count). The Labute approximate surface area is 143 Å². The van der Waals surface area contributed by atoms with E-state index in [1.807, 2.05) is 0 Å². The topological polar surface area (TPSA) is 98.5 Å². The van der Waals surface area contributed by atoms with Crippen molar-refractivity contribution in [2.24, 2.45) is 0 Å². The highest BCUT2D eigenvalue weighted by Gasteiger charge is 2.25. The van der Waals surface area contributed by atoms with E-state index in [1.54, 1.807) is 12.1 Å². The van der Waals surface area contributed by atoms with Crippen LogP contribution in [-0.4, -0.2) is 22.7 Å². The molecule has 0 unspecified atom stereocenters. The fourth-order valence-corrected chi connectivity index (χ4v) is 2.30. The van der Waals surface area contributed by atoms with Crippen LogP contribution >= 0.6 is 0 Å². The SMILES string of the molecule is CC(=O)c1ccc(OC(=O)c2ccc(NC3CC3)c([N+](=O)[O-])c2)cc1. The number of nitro benzene ring substituents is 1. The first kappa shape index (κ1) is 16.6. The van der Waals surface area contributed by atoms with Gasteiger partial charge in [0.1, 0.15) is 11.4 Å². The van der Waals surface area contributed by atoms with E-state index in [2.05, 4.69) is 5.32 Å². The summed E-state index contributed by atoms with van der Waals surface area (Å²) in [5.74, 6) is -0.526. The molecule has 0 radical (unpaired) electrons. The van der Waals surface area contributed by atoms with Crippen LogP contribution in [0.4, 0.5) is 11.4 Å². The van der Waals surface area contributed by atoms with Gasteiger partial charge >= 0.3 is 5.97 Å². The summed E-state index contributed by atoms with van der Waals surface area (Å²) in [4.78, 5) is 34.2. The maximum Gasteiger partial charge on any atom is 0.343 e. The van der Waals surface area contributed by atoms with Crippen molar-refractivity contribution < 1.29 is 19.2 Å². The van der Waals surface area contributed by atoms with Crippen LogP contribution in [-0.2, 0) is 0 Å². The Hall–Kier alpha value is -3.22. The molecule has 1 aliphatic carbocycles. The van der Waals surface area contributed by atoms with Gasteiger partial charge in [0.05, 0.1) is 10.5 Å². The summed E-state index contributed by atoms with van der Waals surface area (Å²) in [5.41, 5.74) is 0.831. The van der Waals surface area contributed by atoms with Crippen molar-refractivity contribution in [3.63, 3.8) is 0 Å². The van der Waals surface area contributed by atoms with Gasteiger partial charge in [-0.15, -0.1) is 0 Å². The summed E-state index contributed by atoms with van der Waals surface area (Å²) in [5, 5.41) is 14.3. The Bertz CT molecular complexity index is 841. The molecule has 1 aliphatic rings. The van der Waals surface area contributed by atoms with Gasteiger partial charge in [-0.3, -0.25) is 14.9 Å². The summed E-state index contributed by atoms with van der Waals surface area (Å²) in [7, 11) is 0. The minimum absolute atomic E-state index is 0.0868. The van der Waals surface area contributed by atoms with Gasteiger partial charge in [0.15, 0.2) is 5.78 Å². The molecule has 0 bridgehead atoms. The van der Waals surface area contributed by atoms with Crippen LogP contribution in [0.2, 0.25) is 0 Å². The lowest BCUT2D eigenvalue weighted by Crippen LogP contribution is -2.10. The van der Waals surface area contributed by atoms with E-state index < -0.39 is 10.9 Å². The number of carbonyl (C=O) groups excluding carboxylic acids is 2. The molecule has 7 nitrogen and oxygen atoms in total. The van der Waals surface area contributed by atoms with Crippen LogP contribution in [0.3, 0.4) is 0 Å². The molecule has 2 aromatic carbocycles. The highest BCUT2D eigenvalue weighted by molar-refractivity contribution is 5.95. The van der Waals surface area contributed by atoms with Gasteiger partial charge in [-0.2, -0.15) is 0 Å². The predicted molar refractivity (Wildman–Crippen MR) is 91.1 cm³/mol. The molecule has 0 heterocycles. The van der Waals surface area contributed by atoms with Crippen molar-refractivity contribution >= 4 is 23.1 Å². The van der Waals surface area contributed by atoms with Crippen LogP contribution in [0, 0.1) is 10.1 Å². The first-order valence-corrected chi connectivity index (χ1v) is 7.82. The van der Waals surface area contributed by atoms with Crippen molar-refractivity contribution in [1.82, 2.24) is 0 Å². The maximum atomic E-state index is 12.2. The number of hydrogen-bond donors (Lipinski definition) is 1. The molecule has 25 heavy (non-hydrogen) atoms. The lowest BCUT2D eigenvalue weighted by Gasteiger charge is -2.08. The fraction of sp³-hybridized carbons (Fsp3) is 0.222. The molecule has 1 fully saturated rings. The molecular weight excluding hydrogens is 324 g/mol. The van der Waals surface area contributed by atoms with Crippen LogP contribution in [0.25, 0.3) is 0 Å². The number of hydrogen-bond acceptors (Lipinski definition) is 6. The van der Waals surface area contributed by atoms with Crippen molar-refractivity contribution in [2.45, 2.75) is 25.8 Å². The van der Waals surface area contributed by atoms with Crippen molar-refractivity contribution in [3.05, 3.63) is 63.7 Å². The number of Topliss-reactive ketones (excluding diaryl/α,β-unsaturated/α-hetero) is 1. The van der Waals surface area contributed by atoms with E-state index in [0.717, 1.165) is 12.8 Å². The highest BCUT2D eigenvalue weighted by Crippen LogP contribution is 2.31. The van der Waals surface area contributed by atoms with E-state index in [0.29, 0.717) is 11.3 Å². The number of ketones is 1. The molecule has 0 aliphatic heterocycles. The Morgan fingerprint density at radius 3 is 2.32 bits per heavy atom. The van der Waals surface area contributed by atoms with Crippen molar-refractivity contribution in [2.75, 3.05) is 5.32 Å². The average Bonchev–Trinajstić information content (AvgIpc) is 3.39. The Morgan fingerprint density at radius 1 is 1.12 bits per heavy atom. The van der Waals surface area contributed by atoms with Crippen molar-refractivity contribution in [1.29, 1.82) is 0 Å². The molecule has 1 saturated carbocycles. The third-order valence-corrected chi connectivity index (χ3v) is 3.84. The van der Waals surface area contributed by atoms with E-state index in [1.165, 1.54) is 37.3 Å². The number of anilines is 1. The summed E-state index contributed by atoms with van der Waals surface area (Å²) in [6.45, 7) is 1.44. The Kier molecular flexibility index (Phi) is 4.47. The third kappa shape index (κ3) is 4.00. The zero-order chi connectivity index (χ0) is 18.0. The lowest BCUT2D eigenvalue weighted by molar-refractivity contribution is -0.384. The zero-order valence-electron chi connectivity index (χ0n) is 13.5. The van der Waals surface area contributed by atoms with Gasteiger partial charge in [-0.05, 0) is 56.2 Å². The van der Waals surface area contributed by atoms with E-state index >= 15 is 0 Å². The molecule has 128 valence electrons. The van der Waals surface area contributed by atoms with Crippen LogP contribution < -0.4 is 10.1 Å². The second-order valence-electron chi connectivity index (χ2n) is 5.88. The molecule has 0 saturated heterocycles. The summed E-state index contributed by atoms with van der Waals surface area (Å²) in [6.07, 6.45) is 1.97. The number of carbonyl (C=O) groups is 2. The number of nitrogens with one attached hydrogen (secondary N) is 1. The Morgan fingerprint density at radius 2 is 1.76 bits per heavy atom. The van der Waals surface area contributed by atoms with Gasteiger partial charge in [-0.1, -0.05) is 0 Å². The lowest BCUT2D eigenvalue weighted by atomic mass is 10.1. The van der Waals surface area contributed by atoms with Gasteiger partial charge < -0.3 is 10.1 Å². The van der Waals surface area contributed by atoms with Crippen LogP contribution in [0.15, 0.2) is 42.5 Å². The monoisotopic (exact) mass is 340 g/mol. The number of nitrogens with zero attached hydrogens (tertiary/aromatic N) is 1. The second-order valence-corrected chi connectivity index (χ2v) is 5.88. The van der Waals surface area contributed by atoms with Crippen molar-refractivity contribution in [3.8, 4) is 5.75 Å². The highest BCUT2D eigenvalue weighted by atomic mass is 16.6. The summed E-state index contributed by atoms with van der Waals surface area (Å²) < 4.78 is 5.21. The van der Waals surface area contributed by atoms with E-state index in [-0.39, 0.29) is 28.8 Å². The van der Waals surface area contributed by atoms with Gasteiger partial charge in [0.25, 0.3) is 5.69 Å². The van der Waals surface area contributed by atoms with Gasteiger partial charge in [0, 0.05) is 17.7 Å². The minimum Gasteiger partial charge on any atom is -0.423 e. The number of nitro groups is 1. The minimum atomic E-state index is -0.698. The number of benzene rings is 2. The van der Waals surface area contributed by atoms with Crippen LogP contribution in [0.5, 0.6) is 5.75 Å². The third-order valence-electron chi connectivity index (χ3n) is 3.84. The molecule has 0 atom stereocenters. The van der Waals surface area contributed by atoms with E-state index in [4.69, 9.17) is 4.74 Å². The molecule has 2 aromatic rings. The largest absolute Gasteiger partial charge is 0.423 e. The van der Waals surface area contributed by atoms with Gasteiger partial charge in [0.2, 0.25) is 0 Å². The summed E-state index contributed by atoms with van der Waals surface area (Å²) in [6, 6.07) is 10.6. The first-order chi connectivity index (χ1) is 11.9. The van der Waals surface area contributed by atoms with Crippen LogP contribution in [0.1, 0.15) is 40.5 Å². The van der Waals surface area contributed by atoms with E-state index in [9.17, 15) is 19.7 Å². The fourth-order valence-electron chi connectivity index (χ4n) is 2.30. The molecule has 1 N–H and O–H groups in total. The molecule has 0 spiro atoms. The maximum absolute atomic E-state index is 12.2. The molecule has 7 heteroatoms. The number of esters is 1. The molecule has 0 amide bonds. The zero-order valence-corrected chi connectivity index (χ0v) is 13.5. The quantitative estimate of drug-likeness (QED) is 0.284. The molecule has 0 aromatic heterocycles. The van der Waals surface area contributed by atoms with Gasteiger partial charge in [-0.25, -0.2) is 4.79 Å². The number of rotatable bonds is 6. The number of ether oxygens (including phenoxy) is 1. The Balaban J connectivity index is 1.77. The predicted octanol–water partition coefficient (Wildman–Crippen LogP) is 3.59.